The summed E-state index contributed by atoms with van der Waals surface area (Å²) in [5.74, 6) is 0. The third kappa shape index (κ3) is 8.90. The molecule has 2 heteroatoms. The zero-order valence-electron chi connectivity index (χ0n) is 11.6. The van der Waals surface area contributed by atoms with Crippen molar-refractivity contribution >= 4 is 0 Å². The lowest BCUT2D eigenvalue weighted by atomic mass is 10.2. The average molecular weight is 237 g/mol. The van der Waals surface area contributed by atoms with Gasteiger partial charge in [0.25, 0.3) is 0 Å². The normalized spacial score (nSPS) is 13.9. The molecule has 0 aromatic carbocycles. The fraction of sp³-hybridized carbons (Fsp3) is 0.600. The van der Waals surface area contributed by atoms with Gasteiger partial charge in [0.15, 0.2) is 0 Å². The van der Waals surface area contributed by atoms with Crippen LogP contribution < -0.4 is 0 Å². The predicted octanol–water partition coefficient (Wildman–Crippen LogP) is 3.77. The molecule has 0 bridgehead atoms. The number of hydrogen-bond acceptors (Lipinski definition) is 2. The number of hydrogen-bond donors (Lipinski definition) is 0. The fourth-order valence-electron chi connectivity index (χ4n) is 1.63. The van der Waals surface area contributed by atoms with Gasteiger partial charge < -0.3 is 4.74 Å². The van der Waals surface area contributed by atoms with E-state index in [4.69, 9.17) is 4.74 Å². The first-order valence-electron chi connectivity index (χ1n) is 6.40. The Balaban J connectivity index is 3.81. The zero-order valence-corrected chi connectivity index (χ0v) is 11.6. The first-order valence-corrected chi connectivity index (χ1v) is 6.40. The molecule has 0 radical (unpaired) electrons. The summed E-state index contributed by atoms with van der Waals surface area (Å²) in [5.41, 5.74) is 0. The molecule has 0 aliphatic heterocycles. The van der Waals surface area contributed by atoms with Gasteiger partial charge in [-0.1, -0.05) is 37.3 Å². The highest BCUT2D eigenvalue weighted by atomic mass is 16.5. The lowest BCUT2D eigenvalue weighted by Gasteiger charge is -2.25. The molecule has 2 nitrogen and oxygen atoms in total. The number of rotatable bonds is 10. The van der Waals surface area contributed by atoms with Gasteiger partial charge in [-0.25, -0.2) is 0 Å². The van der Waals surface area contributed by atoms with Crippen LogP contribution in [-0.4, -0.2) is 31.8 Å². The molecule has 0 fully saturated rings. The molecule has 0 aromatic rings. The van der Waals surface area contributed by atoms with Crippen LogP contribution in [-0.2, 0) is 4.74 Å². The maximum Gasteiger partial charge on any atom is 0.113 e. The Morgan fingerprint density at radius 2 is 1.82 bits per heavy atom. The van der Waals surface area contributed by atoms with Gasteiger partial charge in [0.1, 0.15) is 6.23 Å². The first-order chi connectivity index (χ1) is 8.26. The van der Waals surface area contributed by atoms with Crippen molar-refractivity contribution in [1.29, 1.82) is 0 Å². The Morgan fingerprint density at radius 1 is 1.18 bits per heavy atom. The van der Waals surface area contributed by atoms with Crippen LogP contribution in [0, 0.1) is 0 Å². The Kier molecular flexibility index (Phi) is 11.0. The van der Waals surface area contributed by atoms with Gasteiger partial charge in [-0.15, -0.1) is 6.58 Å². The van der Waals surface area contributed by atoms with E-state index in [-0.39, 0.29) is 6.23 Å². The molecule has 0 spiro atoms. The third-order valence-electron chi connectivity index (χ3n) is 2.59. The van der Waals surface area contributed by atoms with E-state index in [0.29, 0.717) is 0 Å². The van der Waals surface area contributed by atoms with E-state index in [0.717, 1.165) is 32.2 Å². The van der Waals surface area contributed by atoms with Crippen molar-refractivity contribution in [2.75, 3.05) is 20.7 Å². The van der Waals surface area contributed by atoms with Crippen LogP contribution in [0.25, 0.3) is 0 Å². The molecule has 0 saturated carbocycles. The van der Waals surface area contributed by atoms with E-state index in [2.05, 4.69) is 49.8 Å². The van der Waals surface area contributed by atoms with Crippen molar-refractivity contribution < 1.29 is 4.74 Å². The molecule has 0 aliphatic carbocycles. The summed E-state index contributed by atoms with van der Waals surface area (Å²) >= 11 is 0. The van der Waals surface area contributed by atoms with Crippen LogP contribution in [0.2, 0.25) is 0 Å². The molecule has 0 saturated heterocycles. The van der Waals surface area contributed by atoms with Gasteiger partial charge in [0, 0.05) is 13.5 Å². The SMILES string of the molecule is C=CC/C=C\CC=CCC(OC)N(C)CCC. The summed E-state index contributed by atoms with van der Waals surface area (Å²) in [6.45, 7) is 6.93. The summed E-state index contributed by atoms with van der Waals surface area (Å²) < 4.78 is 5.45. The van der Waals surface area contributed by atoms with Crippen LogP contribution >= 0.6 is 0 Å². The maximum atomic E-state index is 5.45. The largest absolute Gasteiger partial charge is 0.366 e. The van der Waals surface area contributed by atoms with Crippen molar-refractivity contribution in [3.8, 4) is 0 Å². The number of ether oxygens (including phenoxy) is 1. The Morgan fingerprint density at radius 3 is 2.41 bits per heavy atom. The van der Waals surface area contributed by atoms with Crippen molar-refractivity contribution in [3.05, 3.63) is 37.0 Å². The molecular formula is C15H27NO. The number of methoxy groups -OCH3 is 1. The molecular weight excluding hydrogens is 210 g/mol. The summed E-state index contributed by atoms with van der Waals surface area (Å²) in [5, 5.41) is 0. The standard InChI is InChI=1S/C15H27NO/c1-5-7-8-9-10-11-12-13-15(17-4)16(3)14-6-2/h5,8-9,11-12,15H,1,6-7,10,13-14H2,2-4H3/b9-8-,12-11?. The van der Waals surface area contributed by atoms with Crippen molar-refractivity contribution in [3.63, 3.8) is 0 Å². The highest BCUT2D eigenvalue weighted by Crippen LogP contribution is 2.05. The lowest BCUT2D eigenvalue weighted by Crippen LogP contribution is -2.33. The molecule has 0 aromatic heterocycles. The average Bonchev–Trinajstić information content (AvgIpc) is 2.33. The van der Waals surface area contributed by atoms with Gasteiger partial charge in [-0.05, 0) is 32.9 Å². The number of nitrogens with zero attached hydrogens (tertiary/aromatic N) is 1. The van der Waals surface area contributed by atoms with Gasteiger partial charge in [-0.3, -0.25) is 4.90 Å². The van der Waals surface area contributed by atoms with Gasteiger partial charge in [0.2, 0.25) is 0 Å². The lowest BCUT2D eigenvalue weighted by molar-refractivity contribution is -0.0149. The van der Waals surface area contributed by atoms with Crippen molar-refractivity contribution in [2.45, 2.75) is 38.8 Å². The third-order valence-corrected chi connectivity index (χ3v) is 2.59. The smallest absolute Gasteiger partial charge is 0.113 e. The van der Waals surface area contributed by atoms with E-state index >= 15 is 0 Å². The molecule has 0 N–H and O–H groups in total. The maximum absolute atomic E-state index is 5.45. The van der Waals surface area contributed by atoms with Crippen molar-refractivity contribution in [2.24, 2.45) is 0 Å². The Labute approximate surface area is 107 Å². The highest BCUT2D eigenvalue weighted by molar-refractivity contribution is 4.95. The van der Waals surface area contributed by atoms with E-state index in [9.17, 15) is 0 Å². The van der Waals surface area contributed by atoms with E-state index in [1.165, 1.54) is 0 Å². The second-order valence-electron chi connectivity index (χ2n) is 4.11. The summed E-state index contributed by atoms with van der Waals surface area (Å²) in [4.78, 5) is 2.25. The Hall–Kier alpha value is -0.860. The second-order valence-corrected chi connectivity index (χ2v) is 4.11. The highest BCUT2D eigenvalue weighted by Gasteiger charge is 2.09. The first kappa shape index (κ1) is 16.1. The molecule has 0 rings (SSSR count). The fourth-order valence-corrected chi connectivity index (χ4v) is 1.63. The topological polar surface area (TPSA) is 12.5 Å². The van der Waals surface area contributed by atoms with Crippen LogP contribution in [0.1, 0.15) is 32.6 Å². The molecule has 98 valence electrons. The minimum absolute atomic E-state index is 0.198. The van der Waals surface area contributed by atoms with Crippen LogP contribution in [0.15, 0.2) is 37.0 Å². The molecule has 0 heterocycles. The molecule has 1 atom stereocenters. The number of allylic oxidation sites excluding steroid dienone is 4. The van der Waals surface area contributed by atoms with E-state index in [1.807, 2.05) is 6.08 Å². The molecule has 0 amide bonds. The van der Waals surface area contributed by atoms with Crippen LogP contribution in [0.4, 0.5) is 0 Å². The van der Waals surface area contributed by atoms with Gasteiger partial charge in [-0.2, -0.15) is 0 Å². The van der Waals surface area contributed by atoms with Gasteiger partial charge >= 0.3 is 0 Å². The monoisotopic (exact) mass is 237 g/mol. The van der Waals surface area contributed by atoms with E-state index in [1.54, 1.807) is 7.11 Å². The van der Waals surface area contributed by atoms with E-state index < -0.39 is 0 Å². The van der Waals surface area contributed by atoms with Crippen LogP contribution in [0.3, 0.4) is 0 Å². The van der Waals surface area contributed by atoms with Gasteiger partial charge in [0.05, 0.1) is 0 Å². The van der Waals surface area contributed by atoms with Crippen molar-refractivity contribution in [1.82, 2.24) is 4.90 Å². The van der Waals surface area contributed by atoms with Crippen LogP contribution in [0.5, 0.6) is 0 Å². The predicted molar refractivity (Wildman–Crippen MR) is 76.0 cm³/mol. The minimum atomic E-state index is 0.198. The summed E-state index contributed by atoms with van der Waals surface area (Å²) in [6, 6.07) is 0. The second kappa shape index (κ2) is 11.6. The molecule has 1 unspecified atom stereocenters. The molecule has 17 heavy (non-hydrogen) atoms. The quantitative estimate of drug-likeness (QED) is 0.423. The summed E-state index contributed by atoms with van der Waals surface area (Å²) in [6.07, 6.45) is 14.8. The zero-order chi connectivity index (χ0) is 12.9. The Bertz CT molecular complexity index is 233. The minimum Gasteiger partial charge on any atom is -0.366 e. The molecule has 0 aliphatic rings. The summed E-state index contributed by atoms with van der Waals surface area (Å²) in [7, 11) is 3.88.